The second-order valence-electron chi connectivity index (χ2n) is 7.68. The fourth-order valence-corrected chi connectivity index (χ4v) is 1.97. The third-order valence-electron chi connectivity index (χ3n) is 3.97. The smallest absolute Gasteiger partial charge is 0.443 e. The largest absolute Gasteiger partial charge is 0.513 e. The standard InChI is InChI=1S/C16H29BN2O4/c1-14(2,3)21-13(20)19-10-9-18(8)12(11-19)17-22-15(4,5)16(6,7)23-17/h11H,9-10H2,1-8H3/i9D2,10D2,11D. The molecule has 1 amide bonds. The van der Waals surface area contributed by atoms with Gasteiger partial charge in [0.2, 0.25) is 0 Å². The van der Waals surface area contributed by atoms with E-state index in [9.17, 15) is 4.79 Å². The fourth-order valence-electron chi connectivity index (χ4n) is 1.97. The van der Waals surface area contributed by atoms with Gasteiger partial charge in [0.05, 0.1) is 23.7 Å². The number of hydrogen-bond acceptors (Lipinski definition) is 5. The molecule has 130 valence electrons. The Bertz CT molecular complexity index is 690. The Kier molecular flexibility index (Phi) is 3.03. The predicted octanol–water partition coefficient (Wildman–Crippen LogP) is 2.64. The average Bonchev–Trinajstić information content (AvgIpc) is 2.63. The topological polar surface area (TPSA) is 51.2 Å². The van der Waals surface area contributed by atoms with Crippen LogP contribution in [-0.4, -0.2) is 59.9 Å². The van der Waals surface area contributed by atoms with E-state index >= 15 is 0 Å². The van der Waals surface area contributed by atoms with Crippen molar-refractivity contribution >= 4 is 13.2 Å². The summed E-state index contributed by atoms with van der Waals surface area (Å²) in [5.41, 5.74) is -2.56. The Labute approximate surface area is 146 Å². The first kappa shape index (κ1) is 12.2. The lowest BCUT2D eigenvalue weighted by Gasteiger charge is -2.34. The van der Waals surface area contributed by atoms with E-state index in [1.165, 1.54) is 7.05 Å². The van der Waals surface area contributed by atoms with Gasteiger partial charge in [0, 0.05) is 26.2 Å². The molecule has 1 fully saturated rings. The van der Waals surface area contributed by atoms with Crippen molar-refractivity contribution in [1.29, 1.82) is 0 Å². The molecule has 0 aromatic heterocycles. The number of carbonyl (C=O) groups is 1. The van der Waals surface area contributed by atoms with Crippen molar-refractivity contribution in [3.8, 4) is 0 Å². The third-order valence-corrected chi connectivity index (χ3v) is 3.97. The number of carbonyl (C=O) groups excluding carboxylic acids is 1. The van der Waals surface area contributed by atoms with Gasteiger partial charge in [-0.1, -0.05) is 0 Å². The predicted molar refractivity (Wildman–Crippen MR) is 89.7 cm³/mol. The molecule has 2 aliphatic heterocycles. The van der Waals surface area contributed by atoms with Crippen molar-refractivity contribution in [2.45, 2.75) is 65.3 Å². The van der Waals surface area contributed by atoms with Crippen LogP contribution in [0.3, 0.4) is 0 Å². The van der Waals surface area contributed by atoms with Gasteiger partial charge in [-0.25, -0.2) is 4.79 Å². The van der Waals surface area contributed by atoms with Gasteiger partial charge in [0.1, 0.15) is 5.60 Å². The van der Waals surface area contributed by atoms with Crippen molar-refractivity contribution in [1.82, 2.24) is 9.80 Å². The summed E-state index contributed by atoms with van der Waals surface area (Å²) in [7, 11) is 0.151. The van der Waals surface area contributed by atoms with Crippen LogP contribution in [0, 0.1) is 0 Å². The highest BCUT2D eigenvalue weighted by Crippen LogP contribution is 2.39. The lowest BCUT2D eigenvalue weighted by atomic mass is 9.83. The number of hydrogen-bond donors (Lipinski definition) is 0. The normalized spacial score (nSPS) is 31.8. The lowest BCUT2D eigenvalue weighted by molar-refractivity contribution is 0.00578. The minimum Gasteiger partial charge on any atom is -0.443 e. The molecule has 7 heteroatoms. The van der Waals surface area contributed by atoms with Crippen LogP contribution in [0.25, 0.3) is 0 Å². The molecule has 2 aliphatic rings. The molecule has 6 nitrogen and oxygen atoms in total. The molecular weight excluding hydrogens is 295 g/mol. The molecule has 0 unspecified atom stereocenters. The molecule has 23 heavy (non-hydrogen) atoms. The first-order valence-electron chi connectivity index (χ1n) is 10.1. The zero-order chi connectivity index (χ0) is 22.1. The number of rotatable bonds is 1. The zero-order valence-corrected chi connectivity index (χ0v) is 15.1. The van der Waals surface area contributed by atoms with E-state index in [-0.39, 0.29) is 5.60 Å². The Hall–Kier alpha value is -1.21. The fraction of sp³-hybridized carbons (Fsp3) is 0.812. The molecule has 2 rings (SSSR count). The highest BCUT2D eigenvalue weighted by Gasteiger charge is 2.53. The maximum atomic E-state index is 12.7. The van der Waals surface area contributed by atoms with E-state index in [1.807, 2.05) is 0 Å². The van der Waals surface area contributed by atoms with E-state index in [4.69, 9.17) is 20.9 Å². The maximum absolute atomic E-state index is 12.7. The zero-order valence-electron chi connectivity index (χ0n) is 20.1. The van der Waals surface area contributed by atoms with Crippen LogP contribution in [0.2, 0.25) is 0 Å². The van der Waals surface area contributed by atoms with E-state index in [2.05, 4.69) is 0 Å². The minimum atomic E-state index is -2.87. The summed E-state index contributed by atoms with van der Waals surface area (Å²) in [6.07, 6.45) is -1.73. The molecule has 0 N–H and O–H groups in total. The monoisotopic (exact) mass is 329 g/mol. The summed E-state index contributed by atoms with van der Waals surface area (Å²) in [5.74, 6) is 0. The third kappa shape index (κ3) is 3.83. The molecule has 0 atom stereocenters. The van der Waals surface area contributed by atoms with Gasteiger partial charge in [-0.15, -0.1) is 0 Å². The molecule has 0 bridgehead atoms. The van der Waals surface area contributed by atoms with Crippen LogP contribution < -0.4 is 0 Å². The van der Waals surface area contributed by atoms with Crippen LogP contribution in [0.1, 0.15) is 55.3 Å². The Morgan fingerprint density at radius 3 is 2.30 bits per heavy atom. The maximum Gasteiger partial charge on any atom is 0.513 e. The van der Waals surface area contributed by atoms with E-state index in [1.54, 1.807) is 48.5 Å². The second-order valence-corrected chi connectivity index (χ2v) is 7.68. The summed E-state index contributed by atoms with van der Waals surface area (Å²) >= 11 is 0. The molecule has 0 aromatic carbocycles. The number of nitrogens with zero attached hydrogens (tertiary/aromatic N) is 2. The summed E-state index contributed by atoms with van der Waals surface area (Å²) < 4.78 is 58.7. The molecule has 2 heterocycles. The first-order chi connectivity index (χ1) is 12.3. The van der Waals surface area contributed by atoms with Crippen molar-refractivity contribution < 1.29 is 25.7 Å². The molecular formula is C16H29BN2O4. The Morgan fingerprint density at radius 1 is 1.30 bits per heavy atom. The summed E-state index contributed by atoms with van der Waals surface area (Å²) in [4.78, 5) is 14.0. The summed E-state index contributed by atoms with van der Waals surface area (Å²) in [6, 6.07) is 0. The van der Waals surface area contributed by atoms with Gasteiger partial charge in [0.25, 0.3) is 0 Å². The van der Waals surface area contributed by atoms with Gasteiger partial charge >= 0.3 is 13.2 Å². The Morgan fingerprint density at radius 2 is 1.83 bits per heavy atom. The van der Waals surface area contributed by atoms with Crippen LogP contribution in [0.4, 0.5) is 4.79 Å². The van der Waals surface area contributed by atoms with Crippen LogP contribution in [0.5, 0.6) is 0 Å². The average molecular weight is 329 g/mol. The minimum absolute atomic E-state index is 0.0929. The molecule has 1 saturated heterocycles. The molecule has 0 aromatic rings. The summed E-state index contributed by atoms with van der Waals surface area (Å²) in [6.45, 7) is 6.49. The molecule has 0 saturated carbocycles. The van der Waals surface area contributed by atoms with Crippen LogP contribution in [0.15, 0.2) is 11.8 Å². The first-order valence-corrected chi connectivity index (χ1v) is 7.60. The number of ether oxygens (including phenoxy) is 1. The van der Waals surface area contributed by atoms with E-state index in [0.29, 0.717) is 4.90 Å². The molecule has 0 radical (unpaired) electrons. The van der Waals surface area contributed by atoms with Gasteiger partial charge in [-0.05, 0) is 48.5 Å². The quantitative estimate of drug-likeness (QED) is 0.692. The van der Waals surface area contributed by atoms with Gasteiger partial charge in [-0.3, -0.25) is 4.90 Å². The van der Waals surface area contributed by atoms with Crippen molar-refractivity contribution in [3.63, 3.8) is 0 Å². The van der Waals surface area contributed by atoms with Gasteiger partial charge in [0.15, 0.2) is 0 Å². The Balaban J connectivity index is 2.60. The molecule has 0 aliphatic carbocycles. The SMILES string of the molecule is [2H]C1=C(B2OC(C)(C)C(C)(C)O2)N(C)C([2H])([2H])C([2H])([2H])N1C(=O)OC(C)(C)C. The van der Waals surface area contributed by atoms with Crippen LogP contribution >= 0.6 is 0 Å². The molecule has 0 spiro atoms. The second kappa shape index (κ2) is 5.70. The van der Waals surface area contributed by atoms with Crippen molar-refractivity contribution in [2.24, 2.45) is 0 Å². The number of likely N-dealkylation sites (N-methyl/N-ethyl adjacent to an activating group) is 1. The van der Waals surface area contributed by atoms with E-state index < -0.39 is 49.2 Å². The van der Waals surface area contributed by atoms with Gasteiger partial charge < -0.3 is 18.9 Å². The van der Waals surface area contributed by atoms with E-state index in [0.717, 1.165) is 4.90 Å². The lowest BCUT2D eigenvalue weighted by Crippen LogP contribution is -2.45. The van der Waals surface area contributed by atoms with Crippen LogP contribution in [-0.2, 0) is 14.0 Å². The van der Waals surface area contributed by atoms with Gasteiger partial charge in [-0.2, -0.15) is 0 Å². The highest BCUT2D eigenvalue weighted by molar-refractivity contribution is 6.54. The van der Waals surface area contributed by atoms with Crippen molar-refractivity contribution in [3.05, 3.63) is 11.8 Å². The summed E-state index contributed by atoms with van der Waals surface area (Å²) in [5, 5.41) is 0. The van der Waals surface area contributed by atoms with Crippen molar-refractivity contribution in [2.75, 3.05) is 20.0 Å². The number of amides is 1. The highest BCUT2D eigenvalue weighted by atomic mass is 16.7.